The number of nitrogens with zero attached hydrogens (tertiary/aromatic N) is 2. The van der Waals surface area contributed by atoms with Crippen molar-refractivity contribution in [3.8, 4) is 0 Å². The zero-order valence-electron chi connectivity index (χ0n) is 16.6. The quantitative estimate of drug-likeness (QED) is 0.541. The van der Waals surface area contributed by atoms with Gasteiger partial charge >= 0.3 is 0 Å². The predicted molar refractivity (Wildman–Crippen MR) is 119 cm³/mol. The van der Waals surface area contributed by atoms with Crippen LogP contribution in [0.25, 0.3) is 0 Å². The highest BCUT2D eigenvalue weighted by Gasteiger charge is 2.30. The summed E-state index contributed by atoms with van der Waals surface area (Å²) in [5, 5.41) is 0. The van der Waals surface area contributed by atoms with Crippen molar-refractivity contribution in [3.05, 3.63) is 89.5 Å². The molecule has 0 saturated carbocycles. The molecule has 0 fully saturated rings. The molecule has 0 amide bonds. The number of hydrogen-bond acceptors (Lipinski definition) is 3. The second-order valence-corrected chi connectivity index (χ2v) is 9.39. The number of rotatable bonds is 5. The average Bonchev–Trinajstić information content (AvgIpc) is 3.18. The molecule has 148 valence electrons. The highest BCUT2D eigenvalue weighted by atomic mass is 32.2. The van der Waals surface area contributed by atoms with E-state index in [-0.39, 0.29) is 4.90 Å². The maximum Gasteiger partial charge on any atom is 0.264 e. The van der Waals surface area contributed by atoms with Crippen molar-refractivity contribution in [2.24, 2.45) is 4.99 Å². The highest BCUT2D eigenvalue weighted by molar-refractivity contribution is 7.92. The first kappa shape index (κ1) is 19.4. The van der Waals surface area contributed by atoms with Gasteiger partial charge in [0.2, 0.25) is 0 Å². The summed E-state index contributed by atoms with van der Waals surface area (Å²) >= 11 is 0. The zero-order chi connectivity index (χ0) is 20.4. The number of aliphatic imine (C=N–C) groups is 1. The summed E-state index contributed by atoms with van der Waals surface area (Å²) in [5.74, 6) is 0.498. The van der Waals surface area contributed by atoms with Gasteiger partial charge in [-0.05, 0) is 59.4 Å². The van der Waals surface area contributed by atoms with E-state index < -0.39 is 10.0 Å². The topological polar surface area (TPSA) is 49.7 Å². The van der Waals surface area contributed by atoms with Crippen LogP contribution in [0.5, 0.6) is 0 Å². The van der Waals surface area contributed by atoms with Crippen molar-refractivity contribution in [1.29, 1.82) is 0 Å². The van der Waals surface area contributed by atoms with Gasteiger partial charge in [-0.15, -0.1) is 0 Å². The summed E-state index contributed by atoms with van der Waals surface area (Å²) in [6.45, 7) is 4.81. The van der Waals surface area contributed by atoms with Crippen molar-refractivity contribution in [2.45, 2.75) is 31.1 Å². The summed E-state index contributed by atoms with van der Waals surface area (Å²) in [4.78, 5) is 4.76. The fraction of sp³-hybridized carbons (Fsp3) is 0.208. The van der Waals surface area contributed by atoms with Gasteiger partial charge in [0.15, 0.2) is 0 Å². The normalized spacial score (nSPS) is 14.0. The molecule has 0 saturated heterocycles. The van der Waals surface area contributed by atoms with E-state index in [0.29, 0.717) is 12.5 Å². The van der Waals surface area contributed by atoms with Gasteiger partial charge in [-0.3, -0.25) is 9.30 Å². The Morgan fingerprint density at radius 1 is 0.931 bits per heavy atom. The second-order valence-electron chi connectivity index (χ2n) is 7.53. The summed E-state index contributed by atoms with van der Waals surface area (Å²) in [6, 6.07) is 22.7. The van der Waals surface area contributed by atoms with Crippen LogP contribution in [0.3, 0.4) is 0 Å². The molecule has 0 spiro atoms. The molecule has 3 aromatic rings. The van der Waals surface area contributed by atoms with Gasteiger partial charge in [0.1, 0.15) is 0 Å². The summed E-state index contributed by atoms with van der Waals surface area (Å²) < 4.78 is 27.6. The summed E-state index contributed by atoms with van der Waals surface area (Å²) in [7, 11) is -3.57. The van der Waals surface area contributed by atoms with Crippen molar-refractivity contribution in [2.75, 3.05) is 10.8 Å². The van der Waals surface area contributed by atoms with Gasteiger partial charge in [0.05, 0.1) is 16.3 Å². The Balaban J connectivity index is 1.52. The predicted octanol–water partition coefficient (Wildman–Crippen LogP) is 5.31. The molecule has 0 atom stereocenters. The lowest BCUT2D eigenvalue weighted by Gasteiger charge is -2.19. The van der Waals surface area contributed by atoms with E-state index in [9.17, 15) is 8.42 Å². The molecule has 0 radical (unpaired) electrons. The largest absolute Gasteiger partial charge is 0.266 e. The molecule has 0 unspecified atom stereocenters. The molecule has 4 rings (SSSR count). The van der Waals surface area contributed by atoms with Crippen molar-refractivity contribution in [3.63, 3.8) is 0 Å². The van der Waals surface area contributed by atoms with Crippen LogP contribution < -0.4 is 4.31 Å². The fourth-order valence-corrected chi connectivity index (χ4v) is 5.01. The number of benzene rings is 3. The number of anilines is 1. The average molecular weight is 405 g/mol. The Kier molecular flexibility index (Phi) is 5.24. The molecule has 0 aromatic heterocycles. The van der Waals surface area contributed by atoms with Gasteiger partial charge in [-0.1, -0.05) is 56.3 Å². The second kappa shape index (κ2) is 7.84. The minimum atomic E-state index is -3.57. The first-order valence-corrected chi connectivity index (χ1v) is 11.2. The first-order valence-electron chi connectivity index (χ1n) is 9.80. The lowest BCUT2D eigenvalue weighted by Crippen LogP contribution is -2.29. The lowest BCUT2D eigenvalue weighted by atomic mass is 10.0. The van der Waals surface area contributed by atoms with Gasteiger partial charge in [-0.25, -0.2) is 8.42 Å². The number of sulfonamides is 1. The number of fused-ring (bicyclic) bond motifs is 1. The Morgan fingerprint density at radius 2 is 1.62 bits per heavy atom. The van der Waals surface area contributed by atoms with Crippen LogP contribution in [-0.4, -0.2) is 21.2 Å². The third kappa shape index (κ3) is 3.96. The third-order valence-corrected chi connectivity index (χ3v) is 7.06. The van der Waals surface area contributed by atoms with E-state index >= 15 is 0 Å². The smallest absolute Gasteiger partial charge is 0.264 e. The van der Waals surface area contributed by atoms with Crippen LogP contribution >= 0.6 is 0 Å². The molecular formula is C24H24N2O2S. The van der Waals surface area contributed by atoms with Crippen molar-refractivity contribution < 1.29 is 8.42 Å². The van der Waals surface area contributed by atoms with Crippen LogP contribution in [0.15, 0.2) is 82.7 Å². The highest BCUT2D eigenvalue weighted by Crippen LogP contribution is 2.33. The molecule has 4 nitrogen and oxygen atoms in total. The fourth-order valence-electron chi connectivity index (χ4n) is 3.51. The summed E-state index contributed by atoms with van der Waals surface area (Å²) in [5.41, 5.74) is 4.87. The van der Waals surface area contributed by atoms with Gasteiger partial charge in [0.25, 0.3) is 10.0 Å². The maximum atomic E-state index is 13.1. The minimum Gasteiger partial charge on any atom is -0.266 e. The molecule has 3 aromatic carbocycles. The number of hydrogen-bond donors (Lipinski definition) is 0. The van der Waals surface area contributed by atoms with Crippen LogP contribution in [0, 0.1) is 0 Å². The van der Waals surface area contributed by atoms with E-state index in [1.807, 2.05) is 36.4 Å². The van der Waals surface area contributed by atoms with Crippen molar-refractivity contribution >= 4 is 27.6 Å². The third-order valence-electron chi connectivity index (χ3n) is 5.24. The molecule has 29 heavy (non-hydrogen) atoms. The zero-order valence-corrected chi connectivity index (χ0v) is 17.4. The SMILES string of the molecule is CC(C)c1ccc(C=Nc2ccc(S(=O)(=O)N3CCc4ccccc43)cc2)cc1. The van der Waals surface area contributed by atoms with Crippen LogP contribution in [-0.2, 0) is 16.4 Å². The van der Waals surface area contributed by atoms with Gasteiger partial charge in [-0.2, -0.15) is 0 Å². The Hall–Kier alpha value is -2.92. The molecule has 1 aliphatic rings. The minimum absolute atomic E-state index is 0.287. The molecule has 0 N–H and O–H groups in total. The maximum absolute atomic E-state index is 13.1. The lowest BCUT2D eigenvalue weighted by molar-refractivity contribution is 0.592. The molecule has 5 heteroatoms. The van der Waals surface area contributed by atoms with Crippen LogP contribution in [0.1, 0.15) is 36.5 Å². The Morgan fingerprint density at radius 3 is 2.31 bits per heavy atom. The standard InChI is InChI=1S/C24H24N2O2S/c1-18(2)20-9-7-19(8-10-20)17-25-22-11-13-23(14-12-22)29(27,28)26-16-15-21-5-3-4-6-24(21)26/h3-14,17-18H,15-16H2,1-2H3. The molecular weight excluding hydrogens is 380 g/mol. The molecule has 1 aliphatic heterocycles. The van der Waals surface area contributed by atoms with E-state index in [0.717, 1.165) is 28.9 Å². The number of para-hydroxylation sites is 1. The molecule has 0 bridgehead atoms. The monoisotopic (exact) mass is 404 g/mol. The van der Waals surface area contributed by atoms with E-state index in [1.165, 1.54) is 9.87 Å². The molecule has 1 heterocycles. The van der Waals surface area contributed by atoms with Crippen molar-refractivity contribution in [1.82, 2.24) is 0 Å². The van der Waals surface area contributed by atoms with Crippen LogP contribution in [0.2, 0.25) is 0 Å². The van der Waals surface area contributed by atoms with Gasteiger partial charge in [0, 0.05) is 12.8 Å². The van der Waals surface area contributed by atoms with E-state index in [2.05, 4.69) is 31.0 Å². The Labute approximate surface area is 172 Å². The van der Waals surface area contributed by atoms with Crippen LogP contribution in [0.4, 0.5) is 11.4 Å². The Bertz CT molecular complexity index is 1130. The summed E-state index contributed by atoms with van der Waals surface area (Å²) in [6.07, 6.45) is 2.54. The van der Waals surface area contributed by atoms with E-state index in [4.69, 9.17) is 0 Å². The molecule has 0 aliphatic carbocycles. The van der Waals surface area contributed by atoms with E-state index in [1.54, 1.807) is 30.5 Å². The first-order chi connectivity index (χ1) is 13.9. The van der Waals surface area contributed by atoms with Gasteiger partial charge < -0.3 is 0 Å².